The van der Waals surface area contributed by atoms with E-state index in [0.29, 0.717) is 0 Å². The van der Waals surface area contributed by atoms with Crippen LogP contribution >= 0.6 is 0 Å². The Hall–Kier alpha value is -5.04. The zero-order chi connectivity index (χ0) is 33.1. The fourth-order valence-electron chi connectivity index (χ4n) is 6.62. The molecule has 0 spiro atoms. The number of nitriles is 1. The quantitative estimate of drug-likeness (QED) is 0.136. The number of hydrogen-bond donors (Lipinski definition) is 1. The molecule has 0 amide bonds. The number of aliphatic imine (C=N–C) groups is 1. The van der Waals surface area contributed by atoms with E-state index in [1.165, 1.54) is 43.0 Å². The third-order valence-electron chi connectivity index (χ3n) is 9.20. The minimum absolute atomic E-state index is 0.692. The molecule has 7 heteroatoms. The molecule has 0 fully saturated rings. The molecule has 1 unspecified atom stereocenters. The summed E-state index contributed by atoms with van der Waals surface area (Å²) in [5.74, 6) is -0.692. The van der Waals surface area contributed by atoms with E-state index in [1.54, 1.807) is 6.21 Å². The van der Waals surface area contributed by atoms with Gasteiger partial charge in [0.15, 0.2) is 0 Å². The average molecular weight is 646 g/mol. The molecule has 232 valence electrons. The predicted octanol–water partition coefficient (Wildman–Crippen LogP) is 9.46. The van der Waals surface area contributed by atoms with Gasteiger partial charge in [0.1, 0.15) is 5.92 Å². The molecule has 2 heterocycles. The maximum Gasteiger partial charge on any atom is 0.116 e. The van der Waals surface area contributed by atoms with E-state index in [1.807, 2.05) is 0 Å². The van der Waals surface area contributed by atoms with Gasteiger partial charge < -0.3 is 14.5 Å². The van der Waals surface area contributed by atoms with Crippen LogP contribution in [0.25, 0.3) is 55.0 Å². The summed E-state index contributed by atoms with van der Waals surface area (Å²) in [6.45, 7) is 14.3. The van der Waals surface area contributed by atoms with Gasteiger partial charge in [-0.1, -0.05) is 110 Å². The first-order valence-corrected chi connectivity index (χ1v) is 23.2. The van der Waals surface area contributed by atoms with Gasteiger partial charge in [-0.15, -0.1) is 0 Å². The Balaban J connectivity index is 1.59. The average Bonchev–Trinajstić information content (AvgIpc) is 3.56. The molecule has 1 N–H and O–H groups in total. The highest BCUT2D eigenvalue weighted by Crippen LogP contribution is 2.37. The lowest BCUT2D eigenvalue weighted by atomic mass is 10.1. The summed E-state index contributed by atoms with van der Waals surface area (Å²) in [5, 5.41) is 25.0. The van der Waals surface area contributed by atoms with Gasteiger partial charge >= 0.3 is 0 Å². The molecule has 5 aromatic carbocycles. The van der Waals surface area contributed by atoms with Crippen molar-refractivity contribution in [2.75, 3.05) is 0 Å². The number of nitrogens with one attached hydrogen (secondary N) is 1. The molecule has 0 saturated heterocycles. The van der Waals surface area contributed by atoms with Crippen molar-refractivity contribution in [3.8, 4) is 17.4 Å². The van der Waals surface area contributed by atoms with Crippen LogP contribution in [0.5, 0.6) is 0 Å². The summed E-state index contributed by atoms with van der Waals surface area (Å²) in [5.41, 5.74) is 7.37. The molecule has 2 aromatic heterocycles. The monoisotopic (exact) mass is 645 g/mol. The van der Waals surface area contributed by atoms with Gasteiger partial charge in [-0.2, -0.15) is 5.26 Å². The predicted molar refractivity (Wildman–Crippen MR) is 207 cm³/mol. The fourth-order valence-corrected chi connectivity index (χ4v) is 8.93. The van der Waals surface area contributed by atoms with E-state index in [2.05, 4.69) is 158 Å². The van der Waals surface area contributed by atoms with Crippen molar-refractivity contribution in [1.82, 2.24) is 9.13 Å². The Morgan fingerprint density at radius 2 is 1.06 bits per heavy atom. The largest absolute Gasteiger partial charge is 0.311 e. The highest BCUT2D eigenvalue weighted by atomic mass is 28.3. The topological polar surface area (TPSA) is 69.9 Å². The molecule has 0 saturated carbocycles. The summed E-state index contributed by atoms with van der Waals surface area (Å²) >= 11 is 0. The van der Waals surface area contributed by atoms with Crippen LogP contribution in [0.3, 0.4) is 0 Å². The van der Waals surface area contributed by atoms with Crippen LogP contribution in [-0.2, 0) is 0 Å². The van der Waals surface area contributed by atoms with Crippen LogP contribution in [0.1, 0.15) is 0 Å². The van der Waals surface area contributed by atoms with E-state index in [-0.39, 0.29) is 0 Å². The van der Waals surface area contributed by atoms with Gasteiger partial charge in [-0.25, -0.2) is 0 Å². The molecule has 0 bridgehead atoms. The van der Waals surface area contributed by atoms with Crippen molar-refractivity contribution >= 4 is 88.2 Å². The van der Waals surface area contributed by atoms with Crippen LogP contribution in [0, 0.1) is 22.7 Å². The molecular formula is C40H39N5Si2. The van der Waals surface area contributed by atoms with Crippen molar-refractivity contribution in [2.45, 2.75) is 39.3 Å². The number of nitrogens with zero attached hydrogens (tertiary/aromatic N) is 4. The lowest BCUT2D eigenvalue weighted by Crippen LogP contribution is -2.37. The third kappa shape index (κ3) is 5.34. The molecule has 7 rings (SSSR count). The molecule has 47 heavy (non-hydrogen) atoms. The van der Waals surface area contributed by atoms with Crippen molar-refractivity contribution in [3.05, 3.63) is 103 Å². The lowest BCUT2D eigenvalue weighted by Gasteiger charge is -2.19. The van der Waals surface area contributed by atoms with Gasteiger partial charge in [0.25, 0.3) is 0 Å². The van der Waals surface area contributed by atoms with Crippen molar-refractivity contribution in [3.63, 3.8) is 0 Å². The first-order valence-electron chi connectivity index (χ1n) is 16.2. The lowest BCUT2D eigenvalue weighted by molar-refractivity contribution is 1.13. The highest BCUT2D eigenvalue weighted by molar-refractivity contribution is 6.89. The molecule has 0 aliphatic rings. The summed E-state index contributed by atoms with van der Waals surface area (Å²) in [6, 6.07) is 39.8. The second-order valence-electron chi connectivity index (χ2n) is 14.5. The van der Waals surface area contributed by atoms with Gasteiger partial charge in [0.2, 0.25) is 0 Å². The zero-order valence-corrected chi connectivity index (χ0v) is 29.8. The Bertz CT molecular complexity index is 2280. The number of hydrogen-bond acceptors (Lipinski definition) is 3. The number of fused-ring (bicyclic) bond motifs is 6. The number of aromatic nitrogens is 2. The van der Waals surface area contributed by atoms with E-state index in [9.17, 15) is 5.26 Å². The highest BCUT2D eigenvalue weighted by Gasteiger charge is 2.22. The van der Waals surface area contributed by atoms with Crippen LogP contribution in [0.2, 0.25) is 39.3 Å². The molecule has 7 aromatic rings. The minimum Gasteiger partial charge on any atom is -0.311 e. The van der Waals surface area contributed by atoms with Crippen LogP contribution in [-0.4, -0.2) is 37.7 Å². The van der Waals surface area contributed by atoms with Crippen LogP contribution in [0.15, 0.2) is 108 Å². The third-order valence-corrected chi connectivity index (χ3v) is 13.3. The first-order chi connectivity index (χ1) is 22.5. The Labute approximate surface area is 277 Å². The van der Waals surface area contributed by atoms with E-state index in [4.69, 9.17) is 10.4 Å². The molecule has 5 nitrogen and oxygen atoms in total. The molecule has 1 atom stereocenters. The maximum absolute atomic E-state index is 9.58. The number of benzene rings is 5. The standard InChI is InChI=1S/C40H39N5Si2/c1-46(2,3)31-15-17-35-33-11-7-9-13-37(33)44(39(35)22-31)29-19-28(43-26-27(24-41)25-42)20-30(21-29)45-38-14-10-8-12-34(38)36-18-16-32(23-40(36)45)47(4,5)6/h7-24,26-27,41H,1-6H3. The minimum atomic E-state index is -1.59. The Morgan fingerprint density at radius 1 is 0.617 bits per heavy atom. The fraction of sp³-hybridized carbons (Fsp3) is 0.175. The summed E-state index contributed by atoms with van der Waals surface area (Å²) in [4.78, 5) is 4.81. The zero-order valence-electron chi connectivity index (χ0n) is 27.8. The Kier molecular flexibility index (Phi) is 7.38. The van der Waals surface area contributed by atoms with Crippen LogP contribution in [0.4, 0.5) is 5.69 Å². The molecular weight excluding hydrogens is 607 g/mol. The number of rotatable bonds is 7. The van der Waals surface area contributed by atoms with Gasteiger partial charge in [0, 0.05) is 34.0 Å². The maximum atomic E-state index is 9.58. The van der Waals surface area contributed by atoms with Crippen molar-refractivity contribution in [1.29, 1.82) is 10.7 Å². The SMILES string of the molecule is C[Si](C)(C)c1ccc2c3ccccc3n(-c3cc(N=CC(C#N)C=N)cc(-n4c5ccccc5c5ccc([Si](C)(C)C)cc54)c3)c2c1. The first kappa shape index (κ1) is 30.6. The Morgan fingerprint density at radius 3 is 1.49 bits per heavy atom. The van der Waals surface area contributed by atoms with Gasteiger partial charge in [-0.3, -0.25) is 4.99 Å². The molecule has 0 radical (unpaired) electrons. The molecule has 0 aliphatic carbocycles. The summed E-state index contributed by atoms with van der Waals surface area (Å²) < 4.78 is 4.74. The summed E-state index contributed by atoms with van der Waals surface area (Å²) in [6.07, 6.45) is 2.70. The summed E-state index contributed by atoms with van der Waals surface area (Å²) in [7, 11) is -3.19. The van der Waals surface area contributed by atoms with E-state index < -0.39 is 22.1 Å². The second-order valence-corrected chi connectivity index (χ2v) is 24.6. The molecule has 0 aliphatic heterocycles. The van der Waals surface area contributed by atoms with Crippen molar-refractivity contribution in [2.24, 2.45) is 10.9 Å². The van der Waals surface area contributed by atoms with Crippen LogP contribution < -0.4 is 10.4 Å². The van der Waals surface area contributed by atoms with Gasteiger partial charge in [-0.05, 0) is 42.5 Å². The number of para-hydroxylation sites is 2. The van der Waals surface area contributed by atoms with E-state index in [0.717, 1.165) is 34.3 Å². The normalized spacial score (nSPS) is 13.2. The van der Waals surface area contributed by atoms with E-state index >= 15 is 0 Å². The van der Waals surface area contributed by atoms with Crippen molar-refractivity contribution < 1.29 is 0 Å². The second kappa shape index (κ2) is 11.3. The van der Waals surface area contributed by atoms with Gasteiger partial charge in [0.05, 0.1) is 61.3 Å². The smallest absolute Gasteiger partial charge is 0.116 e.